The molecule has 0 aliphatic rings. The second-order valence-corrected chi connectivity index (χ2v) is 8.41. The van der Waals surface area contributed by atoms with Gasteiger partial charge >= 0.3 is 6.09 Å². The van der Waals surface area contributed by atoms with Crippen LogP contribution >= 0.6 is 15.9 Å². The van der Waals surface area contributed by atoms with Crippen LogP contribution in [0.15, 0.2) is 53.0 Å². The van der Waals surface area contributed by atoms with Crippen LogP contribution in [0.25, 0.3) is 0 Å². The molecule has 5 heteroatoms. The molecule has 2 aromatic rings. The van der Waals surface area contributed by atoms with Crippen LogP contribution in [0.5, 0.6) is 0 Å². The molecule has 0 saturated carbocycles. The van der Waals surface area contributed by atoms with Gasteiger partial charge in [0, 0.05) is 4.47 Å². The maximum absolute atomic E-state index is 10.2. The van der Waals surface area contributed by atoms with Crippen molar-refractivity contribution in [3.63, 3.8) is 0 Å². The second kappa shape index (κ2) is 14.8. The van der Waals surface area contributed by atoms with E-state index in [1.54, 1.807) is 0 Å². The topological polar surface area (TPSA) is 69.4 Å². The summed E-state index contributed by atoms with van der Waals surface area (Å²) in [5.41, 5.74) is 8.59. The van der Waals surface area contributed by atoms with Gasteiger partial charge < -0.3 is 15.3 Å². The predicted molar refractivity (Wildman–Crippen MR) is 124 cm³/mol. The molecule has 0 bridgehead atoms. The Balaban J connectivity index is 0.000000466. The Bertz CT molecular complexity index is 741. The van der Waals surface area contributed by atoms with Crippen molar-refractivity contribution >= 4 is 27.8 Å². The first-order valence-corrected chi connectivity index (χ1v) is 10.5. The van der Waals surface area contributed by atoms with Crippen molar-refractivity contribution in [1.82, 2.24) is 0 Å². The number of amides is 1. The average molecular weight is 464 g/mol. The molecule has 0 heterocycles. The fourth-order valence-corrected chi connectivity index (χ4v) is 2.58. The normalized spacial score (nSPS) is 10.8. The number of nitrogens with two attached hydrogens (primary N) is 1. The smallest absolute Gasteiger partial charge is 0.404 e. The second-order valence-electron chi connectivity index (χ2n) is 7.50. The number of ketones is 1. The van der Waals surface area contributed by atoms with Gasteiger partial charge in [0.2, 0.25) is 0 Å². The van der Waals surface area contributed by atoms with Crippen molar-refractivity contribution in [2.24, 2.45) is 17.6 Å². The van der Waals surface area contributed by atoms with E-state index in [2.05, 4.69) is 66.6 Å². The Kier molecular flexibility index (Phi) is 13.7. The summed E-state index contributed by atoms with van der Waals surface area (Å²) in [5.74, 6) is 1.68. The molecular weight excluding hydrogens is 430 g/mol. The minimum Gasteiger partial charge on any atom is -0.445 e. The van der Waals surface area contributed by atoms with E-state index in [1.807, 2.05) is 30.3 Å². The van der Waals surface area contributed by atoms with Gasteiger partial charge in [0.25, 0.3) is 0 Å². The molecular formula is C24H34BrNO3. The number of Topliss-reactive ketones (excluding diaryl/α,β-unsaturated/α-hetero) is 1. The number of aryl methyl sites for hydroxylation is 1. The zero-order valence-electron chi connectivity index (χ0n) is 18.4. The summed E-state index contributed by atoms with van der Waals surface area (Å²) < 4.78 is 5.76. The van der Waals surface area contributed by atoms with Crippen molar-refractivity contribution in [3.05, 3.63) is 69.7 Å². The first kappa shape index (κ1) is 26.9. The molecule has 2 N–H and O–H groups in total. The number of benzene rings is 2. The van der Waals surface area contributed by atoms with Gasteiger partial charge in [-0.3, -0.25) is 0 Å². The van der Waals surface area contributed by atoms with E-state index in [1.165, 1.54) is 35.9 Å². The maximum atomic E-state index is 10.2. The lowest BCUT2D eigenvalue weighted by Crippen LogP contribution is -2.12. The Hall–Kier alpha value is -2.14. The third-order valence-corrected chi connectivity index (χ3v) is 4.71. The standard InChI is InChI=1S/C13H19Br.C8H9NO2.C3H6O/c1-9(2)11(4)7-12-8-13(14)6-5-10(12)3;9-8(10)11-6-7-4-2-1-3-5-7;1-3(2)4/h5-6,8-9,11H,7H2,1-4H3;1-5H,6H2,(H2,9,10);1-2H3. The van der Waals surface area contributed by atoms with Crippen molar-refractivity contribution in [3.8, 4) is 0 Å². The number of carbonyl (C=O) groups is 2. The summed E-state index contributed by atoms with van der Waals surface area (Å²) in [6.07, 6.45) is 0.442. The Morgan fingerprint density at radius 2 is 1.59 bits per heavy atom. The van der Waals surface area contributed by atoms with Gasteiger partial charge in [-0.05, 0) is 67.9 Å². The summed E-state index contributed by atoms with van der Waals surface area (Å²) in [6, 6.07) is 15.9. The number of primary amides is 1. The highest BCUT2D eigenvalue weighted by Gasteiger charge is 2.09. The molecule has 0 aliphatic heterocycles. The molecule has 0 radical (unpaired) electrons. The summed E-state index contributed by atoms with van der Waals surface area (Å²) in [7, 11) is 0. The van der Waals surface area contributed by atoms with Gasteiger partial charge in [-0.1, -0.05) is 73.1 Å². The summed E-state index contributed by atoms with van der Waals surface area (Å²) >= 11 is 3.52. The van der Waals surface area contributed by atoms with Gasteiger partial charge in [0.05, 0.1) is 0 Å². The van der Waals surface area contributed by atoms with Crippen LogP contribution in [0.2, 0.25) is 0 Å². The molecule has 0 saturated heterocycles. The van der Waals surface area contributed by atoms with Crippen molar-refractivity contribution in [2.75, 3.05) is 0 Å². The molecule has 0 spiro atoms. The predicted octanol–water partition coefficient (Wildman–Crippen LogP) is 6.47. The fraction of sp³-hybridized carbons (Fsp3) is 0.417. The van der Waals surface area contributed by atoms with Crippen LogP contribution in [0.3, 0.4) is 0 Å². The lowest BCUT2D eigenvalue weighted by molar-refractivity contribution is -0.115. The quantitative estimate of drug-likeness (QED) is 0.551. The Morgan fingerprint density at radius 1 is 1.03 bits per heavy atom. The molecule has 0 aromatic heterocycles. The number of hydrogen-bond acceptors (Lipinski definition) is 3. The Labute approximate surface area is 184 Å². The lowest BCUT2D eigenvalue weighted by atomic mass is 9.89. The molecule has 2 rings (SSSR count). The highest BCUT2D eigenvalue weighted by atomic mass is 79.9. The zero-order chi connectivity index (χ0) is 22.4. The first-order valence-electron chi connectivity index (χ1n) is 9.71. The van der Waals surface area contributed by atoms with Crippen molar-refractivity contribution in [2.45, 2.75) is 54.6 Å². The summed E-state index contributed by atoms with van der Waals surface area (Å²) in [4.78, 5) is 19.6. The summed E-state index contributed by atoms with van der Waals surface area (Å²) in [5, 5.41) is 0. The number of hydrogen-bond donors (Lipinski definition) is 1. The molecule has 2 aromatic carbocycles. The molecule has 0 fully saturated rings. The van der Waals surface area contributed by atoms with E-state index >= 15 is 0 Å². The van der Waals surface area contributed by atoms with Crippen LogP contribution in [0.4, 0.5) is 4.79 Å². The third kappa shape index (κ3) is 14.5. The largest absolute Gasteiger partial charge is 0.445 e. The van der Waals surface area contributed by atoms with E-state index in [0.717, 1.165) is 17.4 Å². The van der Waals surface area contributed by atoms with E-state index < -0.39 is 6.09 Å². The van der Waals surface area contributed by atoms with Gasteiger partial charge in [-0.15, -0.1) is 0 Å². The molecule has 160 valence electrons. The first-order chi connectivity index (χ1) is 13.5. The molecule has 29 heavy (non-hydrogen) atoms. The maximum Gasteiger partial charge on any atom is 0.404 e. The minimum atomic E-state index is -0.742. The molecule has 0 aliphatic carbocycles. The highest BCUT2D eigenvalue weighted by Crippen LogP contribution is 2.22. The van der Waals surface area contributed by atoms with E-state index in [-0.39, 0.29) is 12.4 Å². The van der Waals surface area contributed by atoms with Gasteiger partial charge in [-0.2, -0.15) is 0 Å². The Morgan fingerprint density at radius 3 is 2.07 bits per heavy atom. The monoisotopic (exact) mass is 463 g/mol. The van der Waals surface area contributed by atoms with E-state index in [4.69, 9.17) is 5.73 Å². The number of rotatable bonds is 5. The van der Waals surface area contributed by atoms with Crippen LogP contribution in [0.1, 0.15) is 51.3 Å². The van der Waals surface area contributed by atoms with Crippen molar-refractivity contribution < 1.29 is 14.3 Å². The van der Waals surface area contributed by atoms with Crippen molar-refractivity contribution in [1.29, 1.82) is 0 Å². The van der Waals surface area contributed by atoms with Crippen LogP contribution < -0.4 is 5.73 Å². The number of halogens is 1. The highest BCUT2D eigenvalue weighted by molar-refractivity contribution is 9.10. The fourth-order valence-electron chi connectivity index (χ4n) is 2.17. The third-order valence-electron chi connectivity index (χ3n) is 4.22. The van der Waals surface area contributed by atoms with Gasteiger partial charge in [-0.25, -0.2) is 4.79 Å². The van der Waals surface area contributed by atoms with E-state index in [0.29, 0.717) is 0 Å². The molecule has 1 atom stereocenters. The lowest BCUT2D eigenvalue weighted by Gasteiger charge is -2.16. The average Bonchev–Trinajstić information content (AvgIpc) is 2.64. The van der Waals surface area contributed by atoms with Gasteiger partial charge in [0.1, 0.15) is 12.4 Å². The summed E-state index contributed by atoms with van der Waals surface area (Å²) in [6.45, 7) is 12.4. The number of ether oxygens (including phenoxy) is 1. The molecule has 1 amide bonds. The molecule has 1 unspecified atom stereocenters. The van der Waals surface area contributed by atoms with Gasteiger partial charge in [0.15, 0.2) is 0 Å². The van der Waals surface area contributed by atoms with Crippen LogP contribution in [0, 0.1) is 18.8 Å². The van der Waals surface area contributed by atoms with Crippen LogP contribution in [-0.4, -0.2) is 11.9 Å². The number of carbonyl (C=O) groups excluding carboxylic acids is 2. The van der Waals surface area contributed by atoms with Crippen LogP contribution in [-0.2, 0) is 22.6 Å². The zero-order valence-corrected chi connectivity index (χ0v) is 20.0. The minimum absolute atomic E-state index is 0.167. The SMILES string of the molecule is CC(C)=O.Cc1ccc(Br)cc1CC(C)C(C)C.NC(=O)OCc1ccccc1. The van der Waals surface area contributed by atoms with E-state index in [9.17, 15) is 9.59 Å². The molecule has 4 nitrogen and oxygen atoms in total.